The molecule has 3 atom stereocenters. The Balaban J connectivity index is 1.20. The maximum Gasteiger partial charge on any atom is 0.237 e. The van der Waals surface area contributed by atoms with Gasteiger partial charge in [0.15, 0.2) is 0 Å². The monoisotopic (exact) mass is 476 g/mol. The fourth-order valence-corrected chi connectivity index (χ4v) is 6.98. The number of carbonyl (C=O) groups excluding carboxylic acids is 1. The minimum Gasteiger partial charge on any atom is -0.480 e. The van der Waals surface area contributed by atoms with Crippen LogP contribution in [0.1, 0.15) is 34.5 Å². The minimum atomic E-state index is 0.0320. The van der Waals surface area contributed by atoms with Crippen LogP contribution in [0.2, 0.25) is 0 Å². The van der Waals surface area contributed by atoms with Gasteiger partial charge in [0.05, 0.1) is 43.5 Å². The summed E-state index contributed by atoms with van der Waals surface area (Å²) in [7, 11) is 1.62. The van der Waals surface area contributed by atoms with Gasteiger partial charge < -0.3 is 19.7 Å². The number of morpholine rings is 1. The number of anilines is 2. The van der Waals surface area contributed by atoms with Gasteiger partial charge in [0, 0.05) is 29.1 Å². The zero-order chi connectivity index (χ0) is 22.8. The van der Waals surface area contributed by atoms with Gasteiger partial charge in [-0.2, -0.15) is 0 Å². The fourth-order valence-electron chi connectivity index (χ4n) is 5.71. The molecule has 0 radical (unpaired) electrons. The zero-order valence-electron chi connectivity index (χ0n) is 18.8. The lowest BCUT2D eigenvalue weighted by Gasteiger charge is -2.32. The highest BCUT2D eigenvalue weighted by Crippen LogP contribution is 2.42. The third-order valence-electron chi connectivity index (χ3n) is 7.40. The molecule has 1 aliphatic carbocycles. The lowest BCUT2D eigenvalue weighted by molar-refractivity contribution is -0.140. The van der Waals surface area contributed by atoms with Crippen LogP contribution in [0.25, 0.3) is 10.2 Å². The number of nitrogens with zero attached hydrogens (tertiary/aromatic N) is 5. The third-order valence-corrected chi connectivity index (χ3v) is 8.56. The standard InChI is InChI=1S/C24H24N6O3S/c1-32-22-17(4-13-7-25-8-18(13)29-22)28-21-20-16-3-2-12(5-19(16)34-23(20)27-11-26-21)24(31)30-9-15-6-14(30)10-33-15/h4,7,11-12,14-15H,2-3,5-6,8-10H2,1H3,(H,26,27,28)/t12-,14-,15-/m0/s1. The first kappa shape index (κ1) is 20.3. The predicted octanol–water partition coefficient (Wildman–Crippen LogP) is 2.88. The SMILES string of the molecule is COc1nc2c(cc1Nc1ncnc3sc4c(c13)CC[C@H](C(=O)N1C[C@@H]3C[C@H]1CO3)C4)C=NC2. The van der Waals surface area contributed by atoms with Gasteiger partial charge in [0.25, 0.3) is 0 Å². The third kappa shape index (κ3) is 3.12. The zero-order valence-corrected chi connectivity index (χ0v) is 19.6. The van der Waals surface area contributed by atoms with Gasteiger partial charge in [-0.25, -0.2) is 15.0 Å². The molecule has 3 aromatic heterocycles. The molecule has 0 saturated carbocycles. The van der Waals surface area contributed by atoms with Crippen LogP contribution in [0, 0.1) is 5.92 Å². The van der Waals surface area contributed by atoms with Crippen molar-refractivity contribution >= 4 is 45.2 Å². The molecule has 0 spiro atoms. The number of nitrogens with one attached hydrogen (secondary N) is 1. The Hall–Kier alpha value is -3.11. The number of aromatic nitrogens is 3. The van der Waals surface area contributed by atoms with Crippen molar-refractivity contribution in [2.75, 3.05) is 25.6 Å². The van der Waals surface area contributed by atoms with E-state index < -0.39 is 0 Å². The second-order valence-corrected chi connectivity index (χ2v) is 10.4. The Morgan fingerprint density at radius 3 is 3.12 bits per heavy atom. The Kier molecular flexibility index (Phi) is 4.60. The second kappa shape index (κ2) is 7.71. The van der Waals surface area contributed by atoms with Crippen molar-refractivity contribution in [1.29, 1.82) is 0 Å². The number of amides is 1. The molecule has 34 heavy (non-hydrogen) atoms. The summed E-state index contributed by atoms with van der Waals surface area (Å²) in [5, 5.41) is 4.49. The van der Waals surface area contributed by atoms with Crippen molar-refractivity contribution < 1.29 is 14.3 Å². The number of carbonyl (C=O) groups is 1. The number of hydrogen-bond donors (Lipinski definition) is 1. The van der Waals surface area contributed by atoms with E-state index in [2.05, 4.69) is 30.2 Å². The van der Waals surface area contributed by atoms with Crippen LogP contribution in [-0.2, 0) is 28.9 Å². The van der Waals surface area contributed by atoms with Crippen LogP contribution in [0.15, 0.2) is 17.4 Å². The topological polar surface area (TPSA) is 102 Å². The van der Waals surface area contributed by atoms with Gasteiger partial charge in [0.2, 0.25) is 11.8 Å². The van der Waals surface area contributed by atoms with Crippen molar-refractivity contribution in [3.63, 3.8) is 0 Å². The van der Waals surface area contributed by atoms with Crippen LogP contribution in [0.5, 0.6) is 5.88 Å². The van der Waals surface area contributed by atoms with Gasteiger partial charge in [0.1, 0.15) is 22.7 Å². The van der Waals surface area contributed by atoms with Crippen LogP contribution < -0.4 is 10.1 Å². The normalized spacial score (nSPS) is 24.5. The molecule has 0 aromatic carbocycles. The molecule has 3 aromatic rings. The van der Waals surface area contributed by atoms with Crippen molar-refractivity contribution in [2.45, 2.75) is 44.4 Å². The number of aryl methyl sites for hydroxylation is 1. The van der Waals surface area contributed by atoms with E-state index in [9.17, 15) is 4.79 Å². The number of thiophene rings is 1. The van der Waals surface area contributed by atoms with E-state index in [4.69, 9.17) is 9.47 Å². The highest BCUT2D eigenvalue weighted by atomic mass is 32.1. The van der Waals surface area contributed by atoms with E-state index in [0.29, 0.717) is 24.9 Å². The van der Waals surface area contributed by atoms with Crippen LogP contribution in [0.4, 0.5) is 11.5 Å². The van der Waals surface area contributed by atoms with Crippen molar-refractivity contribution in [3.8, 4) is 5.88 Å². The summed E-state index contributed by atoms with van der Waals surface area (Å²) in [5.41, 5.74) is 3.91. The first-order valence-corrected chi connectivity index (χ1v) is 12.5. The van der Waals surface area contributed by atoms with E-state index in [0.717, 1.165) is 65.2 Å². The summed E-state index contributed by atoms with van der Waals surface area (Å²) >= 11 is 1.68. The van der Waals surface area contributed by atoms with E-state index in [1.165, 1.54) is 10.4 Å². The van der Waals surface area contributed by atoms with Gasteiger partial charge >= 0.3 is 0 Å². The molecule has 7 rings (SSSR count). The Bertz CT molecular complexity index is 1350. The molecule has 174 valence electrons. The lowest BCUT2D eigenvalue weighted by Crippen LogP contribution is -2.45. The Morgan fingerprint density at radius 2 is 2.29 bits per heavy atom. The Morgan fingerprint density at radius 1 is 1.35 bits per heavy atom. The summed E-state index contributed by atoms with van der Waals surface area (Å²) in [5.74, 6) is 1.59. The number of hydrogen-bond acceptors (Lipinski definition) is 9. The van der Waals surface area contributed by atoms with Crippen LogP contribution >= 0.6 is 11.3 Å². The minimum absolute atomic E-state index is 0.0320. The number of fused-ring (bicyclic) bond motifs is 6. The number of aliphatic imine (C=N–C) groups is 1. The summed E-state index contributed by atoms with van der Waals surface area (Å²) in [6.07, 6.45) is 7.11. The summed E-state index contributed by atoms with van der Waals surface area (Å²) in [4.78, 5) is 35.6. The predicted molar refractivity (Wildman–Crippen MR) is 128 cm³/mol. The number of ether oxygens (including phenoxy) is 2. The van der Waals surface area contributed by atoms with Gasteiger partial charge in [-0.05, 0) is 37.3 Å². The number of rotatable bonds is 4. The summed E-state index contributed by atoms with van der Waals surface area (Å²) in [6.45, 7) is 2.02. The largest absolute Gasteiger partial charge is 0.480 e. The quantitative estimate of drug-likeness (QED) is 0.618. The summed E-state index contributed by atoms with van der Waals surface area (Å²) < 4.78 is 11.2. The molecular weight excluding hydrogens is 452 g/mol. The fraction of sp³-hybridized carbons (Fsp3) is 0.458. The number of likely N-dealkylation sites (tertiary alicyclic amines) is 1. The van der Waals surface area contributed by atoms with Gasteiger partial charge in [-0.1, -0.05) is 0 Å². The van der Waals surface area contributed by atoms with E-state index >= 15 is 0 Å². The first-order valence-electron chi connectivity index (χ1n) is 11.7. The maximum atomic E-state index is 13.3. The smallest absolute Gasteiger partial charge is 0.237 e. The van der Waals surface area contributed by atoms with Gasteiger partial charge in [-0.3, -0.25) is 9.79 Å². The first-order chi connectivity index (χ1) is 16.7. The summed E-state index contributed by atoms with van der Waals surface area (Å²) in [6, 6.07) is 2.27. The number of pyridine rings is 1. The van der Waals surface area contributed by atoms with Crippen LogP contribution in [-0.4, -0.2) is 64.4 Å². The highest BCUT2D eigenvalue weighted by molar-refractivity contribution is 7.19. The molecular formula is C24H24N6O3S. The average Bonchev–Trinajstić information content (AvgIpc) is 3.65. The van der Waals surface area contributed by atoms with Crippen molar-refractivity contribution in [1.82, 2.24) is 19.9 Å². The molecule has 2 fully saturated rings. The Labute approximate surface area is 200 Å². The molecule has 1 N–H and O–H groups in total. The molecule has 10 heteroatoms. The number of methoxy groups -OCH3 is 1. The van der Waals surface area contributed by atoms with Crippen LogP contribution in [0.3, 0.4) is 0 Å². The lowest BCUT2D eigenvalue weighted by atomic mass is 9.86. The van der Waals surface area contributed by atoms with E-state index in [-0.39, 0.29) is 18.1 Å². The maximum absolute atomic E-state index is 13.3. The van der Waals surface area contributed by atoms with Crippen molar-refractivity contribution in [3.05, 3.63) is 34.1 Å². The van der Waals surface area contributed by atoms with Crippen molar-refractivity contribution in [2.24, 2.45) is 10.9 Å². The average molecular weight is 477 g/mol. The van der Waals surface area contributed by atoms with E-state index in [1.54, 1.807) is 24.8 Å². The van der Waals surface area contributed by atoms with Gasteiger partial charge in [-0.15, -0.1) is 11.3 Å². The molecule has 0 unspecified atom stereocenters. The molecule has 3 aliphatic heterocycles. The molecule has 4 aliphatic rings. The molecule has 6 heterocycles. The molecule has 9 nitrogen and oxygen atoms in total. The molecule has 2 saturated heterocycles. The molecule has 2 bridgehead atoms. The molecule has 1 amide bonds. The second-order valence-electron chi connectivity index (χ2n) is 9.36. The van der Waals surface area contributed by atoms with E-state index in [1.807, 2.05) is 12.3 Å². The highest BCUT2D eigenvalue weighted by Gasteiger charge is 2.43.